The van der Waals surface area contributed by atoms with Crippen molar-refractivity contribution in [2.24, 2.45) is 5.41 Å². The van der Waals surface area contributed by atoms with Gasteiger partial charge in [0.1, 0.15) is 4.90 Å². The molecule has 6 nitrogen and oxygen atoms in total. The summed E-state index contributed by atoms with van der Waals surface area (Å²) in [6, 6.07) is 0. The Labute approximate surface area is 114 Å². The number of nitrogen functional groups attached to an aromatic ring is 1. The quantitative estimate of drug-likeness (QED) is 0.883. The molecule has 0 atom stereocenters. The number of hydrogen-bond donors (Lipinski definition) is 1. The van der Waals surface area contributed by atoms with Crippen molar-refractivity contribution < 1.29 is 8.42 Å². The second-order valence-corrected chi connectivity index (χ2v) is 7.64. The molecule has 0 amide bonds. The van der Waals surface area contributed by atoms with E-state index in [1.165, 1.54) is 16.7 Å². The summed E-state index contributed by atoms with van der Waals surface area (Å²) >= 11 is 0. The fourth-order valence-electron chi connectivity index (χ4n) is 2.25. The van der Waals surface area contributed by atoms with Crippen LogP contribution in [0.3, 0.4) is 0 Å². The highest BCUT2D eigenvalue weighted by molar-refractivity contribution is 7.89. The van der Waals surface area contributed by atoms with Crippen LogP contribution in [0, 0.1) is 5.41 Å². The number of anilines is 1. The normalized spacial score (nSPS) is 20.9. The lowest BCUT2D eigenvalue weighted by Crippen LogP contribution is -2.32. The maximum Gasteiger partial charge on any atom is 0.246 e. The van der Waals surface area contributed by atoms with Crippen molar-refractivity contribution in [3.05, 3.63) is 12.4 Å². The van der Waals surface area contributed by atoms with E-state index in [2.05, 4.69) is 23.8 Å². The largest absolute Gasteiger partial charge is 0.368 e. The minimum Gasteiger partial charge on any atom is -0.368 e. The summed E-state index contributed by atoms with van der Waals surface area (Å²) in [7, 11) is -3.50. The van der Waals surface area contributed by atoms with Crippen LogP contribution in [0.1, 0.15) is 33.1 Å². The van der Waals surface area contributed by atoms with Crippen LogP contribution in [0.15, 0.2) is 17.3 Å². The number of rotatable bonds is 2. The lowest BCUT2D eigenvalue weighted by atomic mass is 9.85. The summed E-state index contributed by atoms with van der Waals surface area (Å²) < 4.78 is 26.5. The van der Waals surface area contributed by atoms with Crippen molar-refractivity contribution >= 4 is 16.0 Å². The van der Waals surface area contributed by atoms with E-state index in [1.807, 2.05) is 0 Å². The van der Waals surface area contributed by atoms with E-state index in [9.17, 15) is 8.42 Å². The van der Waals surface area contributed by atoms with E-state index in [4.69, 9.17) is 5.73 Å². The fourth-order valence-corrected chi connectivity index (χ4v) is 3.62. The van der Waals surface area contributed by atoms with Crippen LogP contribution in [-0.4, -0.2) is 35.8 Å². The number of nitrogens with two attached hydrogens (primary N) is 1. The van der Waals surface area contributed by atoms with Crippen LogP contribution in [-0.2, 0) is 10.0 Å². The Morgan fingerprint density at radius 2 is 1.84 bits per heavy atom. The van der Waals surface area contributed by atoms with Gasteiger partial charge in [-0.1, -0.05) is 13.8 Å². The maximum atomic E-state index is 12.5. The molecule has 0 radical (unpaired) electrons. The monoisotopic (exact) mass is 284 g/mol. The molecule has 1 aliphatic rings. The second kappa shape index (κ2) is 5.05. The summed E-state index contributed by atoms with van der Waals surface area (Å²) in [6.45, 7) is 5.45. The average Bonchev–Trinajstić information content (AvgIpc) is 2.51. The van der Waals surface area contributed by atoms with Crippen molar-refractivity contribution in [3.63, 3.8) is 0 Å². The molecule has 2 heterocycles. The predicted octanol–water partition coefficient (Wildman–Crippen LogP) is 1.26. The molecule has 1 saturated heterocycles. The van der Waals surface area contributed by atoms with Crippen LogP contribution in [0.5, 0.6) is 0 Å². The lowest BCUT2D eigenvalue weighted by molar-refractivity contribution is 0.315. The Bertz CT molecular complexity index is 539. The van der Waals surface area contributed by atoms with Crippen LogP contribution in [0.4, 0.5) is 5.95 Å². The molecule has 0 saturated carbocycles. The zero-order chi connectivity index (χ0) is 14.1. The molecule has 0 unspecified atom stereocenters. The van der Waals surface area contributed by atoms with Crippen molar-refractivity contribution in [2.45, 2.75) is 38.0 Å². The first-order valence-electron chi connectivity index (χ1n) is 6.39. The zero-order valence-corrected chi connectivity index (χ0v) is 12.2. The lowest BCUT2D eigenvalue weighted by Gasteiger charge is -2.22. The molecule has 19 heavy (non-hydrogen) atoms. The van der Waals surface area contributed by atoms with Gasteiger partial charge in [-0.3, -0.25) is 0 Å². The van der Waals surface area contributed by atoms with Gasteiger partial charge in [-0.15, -0.1) is 0 Å². The Morgan fingerprint density at radius 1 is 1.21 bits per heavy atom. The molecular weight excluding hydrogens is 264 g/mol. The highest BCUT2D eigenvalue weighted by Crippen LogP contribution is 2.31. The third kappa shape index (κ3) is 3.22. The Balaban J connectivity index is 2.22. The van der Waals surface area contributed by atoms with Crippen molar-refractivity contribution in [2.75, 3.05) is 18.8 Å². The molecule has 1 aliphatic heterocycles. The molecule has 2 N–H and O–H groups in total. The van der Waals surface area contributed by atoms with Gasteiger partial charge in [-0.25, -0.2) is 18.4 Å². The Kier molecular flexibility index (Phi) is 3.78. The standard InChI is InChI=1S/C12H20N4O2S/c1-12(2)4-3-6-16(7-5-12)19(17,18)10-8-14-11(13)15-9-10/h8-9H,3-7H2,1-2H3,(H2,13,14,15). The highest BCUT2D eigenvalue weighted by atomic mass is 32.2. The molecule has 2 rings (SSSR count). The molecule has 0 aliphatic carbocycles. The summed E-state index contributed by atoms with van der Waals surface area (Å²) in [5, 5.41) is 0. The number of sulfonamides is 1. The maximum absolute atomic E-state index is 12.5. The van der Waals surface area contributed by atoms with Crippen LogP contribution in [0.25, 0.3) is 0 Å². The van der Waals surface area contributed by atoms with E-state index in [0.29, 0.717) is 13.1 Å². The van der Waals surface area contributed by atoms with E-state index >= 15 is 0 Å². The van der Waals surface area contributed by atoms with E-state index in [0.717, 1.165) is 19.3 Å². The molecule has 1 aromatic rings. The fraction of sp³-hybridized carbons (Fsp3) is 0.667. The third-order valence-electron chi connectivity index (χ3n) is 3.58. The van der Waals surface area contributed by atoms with Gasteiger partial charge in [0, 0.05) is 13.1 Å². The first kappa shape index (κ1) is 14.2. The van der Waals surface area contributed by atoms with Gasteiger partial charge in [0.25, 0.3) is 0 Å². The van der Waals surface area contributed by atoms with Gasteiger partial charge in [0.05, 0.1) is 12.4 Å². The van der Waals surface area contributed by atoms with E-state index in [1.54, 1.807) is 0 Å². The predicted molar refractivity (Wildman–Crippen MR) is 72.8 cm³/mol. The Morgan fingerprint density at radius 3 is 2.47 bits per heavy atom. The first-order valence-corrected chi connectivity index (χ1v) is 7.83. The second-order valence-electron chi connectivity index (χ2n) is 5.70. The molecule has 1 aromatic heterocycles. The topological polar surface area (TPSA) is 89.2 Å². The minimum absolute atomic E-state index is 0.0796. The molecule has 0 bridgehead atoms. The molecular formula is C12H20N4O2S. The van der Waals surface area contributed by atoms with Gasteiger partial charge in [0.2, 0.25) is 16.0 Å². The van der Waals surface area contributed by atoms with Gasteiger partial charge >= 0.3 is 0 Å². The molecule has 0 spiro atoms. The minimum atomic E-state index is -3.50. The van der Waals surface area contributed by atoms with Crippen molar-refractivity contribution in [1.29, 1.82) is 0 Å². The van der Waals surface area contributed by atoms with Crippen LogP contribution >= 0.6 is 0 Å². The SMILES string of the molecule is CC1(C)CCCN(S(=O)(=O)c2cnc(N)nc2)CC1. The molecule has 7 heteroatoms. The summed E-state index contributed by atoms with van der Waals surface area (Å²) in [5.74, 6) is 0.0796. The number of aromatic nitrogens is 2. The van der Waals surface area contributed by atoms with Crippen molar-refractivity contribution in [3.8, 4) is 0 Å². The van der Waals surface area contributed by atoms with Crippen LogP contribution < -0.4 is 5.73 Å². The van der Waals surface area contributed by atoms with E-state index < -0.39 is 10.0 Å². The highest BCUT2D eigenvalue weighted by Gasteiger charge is 2.30. The molecule has 0 aromatic carbocycles. The summed E-state index contributed by atoms with van der Waals surface area (Å²) in [5.41, 5.74) is 5.57. The molecule has 106 valence electrons. The average molecular weight is 284 g/mol. The zero-order valence-electron chi connectivity index (χ0n) is 11.3. The third-order valence-corrected chi connectivity index (χ3v) is 5.44. The smallest absolute Gasteiger partial charge is 0.246 e. The van der Waals surface area contributed by atoms with Gasteiger partial charge in [-0.05, 0) is 24.7 Å². The van der Waals surface area contributed by atoms with E-state index in [-0.39, 0.29) is 16.3 Å². The van der Waals surface area contributed by atoms with Crippen LogP contribution in [0.2, 0.25) is 0 Å². The first-order chi connectivity index (χ1) is 8.81. The van der Waals surface area contributed by atoms with Gasteiger partial charge in [-0.2, -0.15) is 4.31 Å². The number of nitrogens with zero attached hydrogens (tertiary/aromatic N) is 3. The summed E-state index contributed by atoms with van der Waals surface area (Å²) in [6.07, 6.45) is 5.32. The number of hydrogen-bond acceptors (Lipinski definition) is 5. The Hall–Kier alpha value is -1.21. The van der Waals surface area contributed by atoms with Crippen molar-refractivity contribution in [1.82, 2.24) is 14.3 Å². The molecule has 1 fully saturated rings. The van der Waals surface area contributed by atoms with Gasteiger partial charge < -0.3 is 5.73 Å². The summed E-state index contributed by atoms with van der Waals surface area (Å²) in [4.78, 5) is 7.62. The van der Waals surface area contributed by atoms with Gasteiger partial charge in [0.15, 0.2) is 0 Å².